The summed E-state index contributed by atoms with van der Waals surface area (Å²) < 4.78 is 19.1. The summed E-state index contributed by atoms with van der Waals surface area (Å²) in [5.41, 5.74) is 8.36. The number of hydrogen-bond donors (Lipinski definition) is 2. The fraction of sp³-hybridized carbons (Fsp3) is 0.545. The number of nitrogens with two attached hydrogens (primary N) is 1. The molecule has 1 aromatic heterocycles. The monoisotopic (exact) mass is 398 g/mol. The summed E-state index contributed by atoms with van der Waals surface area (Å²) in [6, 6.07) is 6.00. The minimum absolute atomic E-state index is 0.272. The highest BCUT2D eigenvalue weighted by Gasteiger charge is 2.43. The maximum Gasteiger partial charge on any atom is 0.222 e. The van der Waals surface area contributed by atoms with Crippen LogP contribution in [0.15, 0.2) is 24.3 Å². The number of ether oxygens (including phenoxy) is 1. The lowest BCUT2D eigenvalue weighted by atomic mass is 9.78. The zero-order valence-corrected chi connectivity index (χ0v) is 16.4. The van der Waals surface area contributed by atoms with Crippen LogP contribution in [-0.4, -0.2) is 40.4 Å². The predicted molar refractivity (Wildman–Crippen MR) is 108 cm³/mol. The molecule has 0 amide bonds. The molecule has 1 aliphatic heterocycles. The number of nitrogen functional groups attached to an aromatic ring is 1. The molecule has 2 aliphatic carbocycles. The molecule has 0 radical (unpaired) electrons. The maximum absolute atomic E-state index is 13.1. The van der Waals surface area contributed by atoms with E-state index in [2.05, 4.69) is 14.9 Å². The number of rotatable bonds is 3. The van der Waals surface area contributed by atoms with Gasteiger partial charge in [0.25, 0.3) is 0 Å². The third-order valence-corrected chi connectivity index (χ3v) is 6.66. The molecular weight excluding hydrogens is 371 g/mol. The molecule has 2 heterocycles. The molecule has 5 rings (SSSR count). The molecule has 2 aromatic rings. The van der Waals surface area contributed by atoms with Crippen molar-refractivity contribution < 1.29 is 14.2 Å². The van der Waals surface area contributed by atoms with Gasteiger partial charge >= 0.3 is 0 Å². The third kappa shape index (κ3) is 3.64. The smallest absolute Gasteiger partial charge is 0.222 e. The number of aromatic nitrogens is 2. The van der Waals surface area contributed by atoms with Crippen LogP contribution in [0, 0.1) is 17.7 Å². The number of benzene rings is 1. The highest BCUT2D eigenvalue weighted by atomic mass is 19.1. The van der Waals surface area contributed by atoms with Gasteiger partial charge in [0.2, 0.25) is 5.95 Å². The number of aliphatic hydroxyl groups excluding tert-OH is 1. The fourth-order valence-electron chi connectivity index (χ4n) is 5.23. The van der Waals surface area contributed by atoms with Crippen molar-refractivity contribution in [2.45, 2.75) is 50.7 Å². The van der Waals surface area contributed by atoms with Gasteiger partial charge in [-0.2, -0.15) is 4.98 Å². The van der Waals surface area contributed by atoms with Crippen LogP contribution >= 0.6 is 0 Å². The molecule has 29 heavy (non-hydrogen) atoms. The molecule has 1 saturated carbocycles. The van der Waals surface area contributed by atoms with E-state index < -0.39 is 6.10 Å². The Kier molecular flexibility index (Phi) is 4.78. The summed E-state index contributed by atoms with van der Waals surface area (Å²) in [6.45, 7) is 1.78. The van der Waals surface area contributed by atoms with Gasteiger partial charge in [-0.1, -0.05) is 0 Å². The first-order chi connectivity index (χ1) is 14.1. The van der Waals surface area contributed by atoms with Crippen molar-refractivity contribution >= 4 is 11.8 Å². The van der Waals surface area contributed by atoms with Crippen LogP contribution in [0.4, 0.5) is 16.2 Å². The van der Waals surface area contributed by atoms with Crippen molar-refractivity contribution in [2.75, 3.05) is 23.7 Å². The van der Waals surface area contributed by atoms with E-state index in [1.807, 2.05) is 0 Å². The Morgan fingerprint density at radius 3 is 2.55 bits per heavy atom. The van der Waals surface area contributed by atoms with Crippen LogP contribution in [0.5, 0.6) is 5.75 Å². The van der Waals surface area contributed by atoms with E-state index in [-0.39, 0.29) is 11.9 Å². The number of hydrogen-bond acceptors (Lipinski definition) is 6. The molecular formula is C22H27FN4O2. The summed E-state index contributed by atoms with van der Waals surface area (Å²) in [6.07, 6.45) is 5.00. The highest BCUT2D eigenvalue weighted by Crippen LogP contribution is 2.41. The zero-order valence-electron chi connectivity index (χ0n) is 16.4. The number of aryl methyl sites for hydroxylation is 1. The second-order valence-electron chi connectivity index (χ2n) is 8.61. The first-order valence-electron chi connectivity index (χ1n) is 10.6. The van der Waals surface area contributed by atoms with E-state index in [1.165, 1.54) is 24.1 Å². The van der Waals surface area contributed by atoms with Gasteiger partial charge in [0, 0.05) is 18.7 Å². The third-order valence-electron chi connectivity index (χ3n) is 6.66. The van der Waals surface area contributed by atoms with Crippen LogP contribution in [0.2, 0.25) is 0 Å². The second-order valence-corrected chi connectivity index (χ2v) is 8.61. The van der Waals surface area contributed by atoms with Crippen molar-refractivity contribution in [1.82, 2.24) is 9.97 Å². The molecule has 0 unspecified atom stereocenters. The molecule has 6 nitrogen and oxygen atoms in total. The molecule has 2 fully saturated rings. The van der Waals surface area contributed by atoms with Crippen LogP contribution in [0.25, 0.3) is 0 Å². The topological polar surface area (TPSA) is 84.5 Å². The zero-order chi connectivity index (χ0) is 20.0. The molecule has 0 bridgehead atoms. The number of aliphatic hydroxyl groups is 1. The van der Waals surface area contributed by atoms with Gasteiger partial charge in [-0.15, -0.1) is 0 Å². The summed E-state index contributed by atoms with van der Waals surface area (Å²) in [5.74, 6) is 2.50. The van der Waals surface area contributed by atoms with Crippen LogP contribution in [-0.2, 0) is 12.8 Å². The minimum Gasteiger partial charge on any atom is -0.488 e. The molecule has 1 aromatic carbocycles. The van der Waals surface area contributed by atoms with Gasteiger partial charge in [0.15, 0.2) is 0 Å². The molecule has 4 atom stereocenters. The van der Waals surface area contributed by atoms with Gasteiger partial charge < -0.3 is 20.5 Å². The minimum atomic E-state index is -0.523. The maximum atomic E-state index is 13.1. The summed E-state index contributed by atoms with van der Waals surface area (Å²) in [7, 11) is 0. The Morgan fingerprint density at radius 2 is 1.76 bits per heavy atom. The Bertz CT molecular complexity index is 891. The number of nitrogens with zero attached hydrogens (tertiary/aromatic N) is 3. The fourth-order valence-corrected chi connectivity index (χ4v) is 5.23. The van der Waals surface area contributed by atoms with Crippen molar-refractivity contribution in [1.29, 1.82) is 0 Å². The average Bonchev–Trinajstić information content (AvgIpc) is 3.11. The Hall–Kier alpha value is -2.41. The lowest BCUT2D eigenvalue weighted by molar-refractivity contribution is -0.0231. The molecule has 3 N–H and O–H groups in total. The van der Waals surface area contributed by atoms with Crippen molar-refractivity contribution in [3.63, 3.8) is 0 Å². The predicted octanol–water partition coefficient (Wildman–Crippen LogP) is 2.73. The summed E-state index contributed by atoms with van der Waals surface area (Å²) in [4.78, 5) is 11.4. The molecule has 1 saturated heterocycles. The second kappa shape index (κ2) is 7.44. The SMILES string of the molecule is Nc1nc2c(c(N3C[C@H]4C[C@@H](Oc5ccc(F)cc5)[C@H](O)C[C@H]4C3)n1)CCCC2. The first-order valence-corrected chi connectivity index (χ1v) is 10.6. The molecule has 154 valence electrons. The van der Waals surface area contributed by atoms with E-state index in [9.17, 15) is 9.50 Å². The van der Waals surface area contributed by atoms with Crippen LogP contribution < -0.4 is 15.4 Å². The standard InChI is InChI=1S/C22H27FN4O2/c23-15-5-7-16(8-6-15)29-20-10-14-12-27(11-13(14)9-19(20)28)21-17-3-1-2-4-18(17)25-22(24)26-21/h5-8,13-14,19-20,28H,1-4,9-12H2,(H2,24,25,26)/t13-,14+,19+,20+/m0/s1. The summed E-state index contributed by atoms with van der Waals surface area (Å²) >= 11 is 0. The number of fused-ring (bicyclic) bond motifs is 2. The van der Waals surface area contributed by atoms with E-state index >= 15 is 0 Å². The van der Waals surface area contributed by atoms with Crippen molar-refractivity contribution in [2.24, 2.45) is 11.8 Å². The Morgan fingerprint density at radius 1 is 1.03 bits per heavy atom. The van der Waals surface area contributed by atoms with E-state index in [0.717, 1.165) is 50.3 Å². The van der Waals surface area contributed by atoms with E-state index in [4.69, 9.17) is 10.5 Å². The van der Waals surface area contributed by atoms with Gasteiger partial charge in [0.1, 0.15) is 23.5 Å². The number of anilines is 2. The van der Waals surface area contributed by atoms with Crippen LogP contribution in [0.3, 0.4) is 0 Å². The van der Waals surface area contributed by atoms with Gasteiger partial charge in [-0.05, 0) is 74.6 Å². The summed E-state index contributed by atoms with van der Waals surface area (Å²) in [5, 5.41) is 10.7. The van der Waals surface area contributed by atoms with Gasteiger partial charge in [-0.3, -0.25) is 0 Å². The van der Waals surface area contributed by atoms with E-state index in [1.54, 1.807) is 12.1 Å². The van der Waals surface area contributed by atoms with Crippen molar-refractivity contribution in [3.8, 4) is 5.75 Å². The lowest BCUT2D eigenvalue weighted by Gasteiger charge is -2.35. The normalized spacial score (nSPS) is 28.7. The largest absolute Gasteiger partial charge is 0.488 e. The van der Waals surface area contributed by atoms with Gasteiger partial charge in [0.05, 0.1) is 11.8 Å². The highest BCUT2D eigenvalue weighted by molar-refractivity contribution is 5.53. The number of halogens is 1. The Labute approximate surface area is 169 Å². The van der Waals surface area contributed by atoms with E-state index in [0.29, 0.717) is 30.0 Å². The van der Waals surface area contributed by atoms with Gasteiger partial charge in [-0.25, -0.2) is 9.37 Å². The molecule has 7 heteroatoms. The Balaban J connectivity index is 1.32. The molecule has 0 spiro atoms. The van der Waals surface area contributed by atoms with Crippen LogP contribution in [0.1, 0.15) is 36.9 Å². The lowest BCUT2D eigenvalue weighted by Crippen LogP contribution is -2.42. The quantitative estimate of drug-likeness (QED) is 0.827. The van der Waals surface area contributed by atoms with Crippen molar-refractivity contribution in [3.05, 3.63) is 41.3 Å². The average molecular weight is 398 g/mol. The first kappa shape index (κ1) is 18.6. The molecule has 3 aliphatic rings.